The average Bonchev–Trinajstić information content (AvgIpc) is 2.66. The van der Waals surface area contributed by atoms with Crippen LogP contribution in [0.3, 0.4) is 0 Å². The van der Waals surface area contributed by atoms with Crippen molar-refractivity contribution in [3.63, 3.8) is 0 Å². The number of sulfone groups is 1. The van der Waals surface area contributed by atoms with Gasteiger partial charge in [0.25, 0.3) is 0 Å². The molecule has 3 nitrogen and oxygen atoms in total. The molecule has 27 heavy (non-hydrogen) atoms. The summed E-state index contributed by atoms with van der Waals surface area (Å²) >= 11 is 0. The van der Waals surface area contributed by atoms with Crippen LogP contribution in [-0.2, 0) is 21.2 Å². The number of hydrogen-bond acceptors (Lipinski definition) is 3. The molecule has 0 N–H and O–H groups in total. The second kappa shape index (κ2) is 11.3. The molecule has 0 aliphatic rings. The molecule has 0 aliphatic heterocycles. The first-order chi connectivity index (χ1) is 13.0. The van der Waals surface area contributed by atoms with Gasteiger partial charge in [-0.3, -0.25) is 0 Å². The van der Waals surface area contributed by atoms with E-state index in [1.54, 1.807) is 24.3 Å². The van der Waals surface area contributed by atoms with Gasteiger partial charge < -0.3 is 4.74 Å². The molecule has 0 fully saturated rings. The summed E-state index contributed by atoms with van der Waals surface area (Å²) in [7, 11) is -3.17. The summed E-state index contributed by atoms with van der Waals surface area (Å²) in [5.74, 6) is 1.00. The third kappa shape index (κ3) is 8.27. The molecule has 4 heteroatoms. The summed E-state index contributed by atoms with van der Waals surface area (Å²) in [5, 5.41) is 0. The molecule has 2 aromatic rings. The van der Waals surface area contributed by atoms with Gasteiger partial charge in [-0.25, -0.2) is 8.42 Å². The Kier molecular flexibility index (Phi) is 9.02. The Morgan fingerprint density at radius 2 is 1.41 bits per heavy atom. The standard InChI is InChI=1S/C23H32O3S/c1-20(16-17-26-18-22-12-5-3-6-13-22)10-9-11-21(2)19-27(24,25)23-14-7-4-8-15-23/h3-8,12-15,20-21H,9-11,16-19H2,1-2H3/t20-,21+/m1/s1. The van der Waals surface area contributed by atoms with E-state index < -0.39 is 9.84 Å². The summed E-state index contributed by atoms with van der Waals surface area (Å²) in [5.41, 5.74) is 1.21. The van der Waals surface area contributed by atoms with Crippen LogP contribution in [0.5, 0.6) is 0 Å². The molecule has 2 atom stereocenters. The second-order valence-electron chi connectivity index (χ2n) is 7.56. The van der Waals surface area contributed by atoms with E-state index in [9.17, 15) is 8.42 Å². The smallest absolute Gasteiger partial charge is 0.178 e. The van der Waals surface area contributed by atoms with E-state index in [1.807, 2.05) is 31.2 Å². The van der Waals surface area contributed by atoms with Crippen molar-refractivity contribution >= 4 is 9.84 Å². The van der Waals surface area contributed by atoms with Gasteiger partial charge in [0.1, 0.15) is 0 Å². The maximum atomic E-state index is 12.4. The highest BCUT2D eigenvalue weighted by Gasteiger charge is 2.18. The van der Waals surface area contributed by atoms with Crippen LogP contribution in [0.15, 0.2) is 65.6 Å². The fraction of sp³-hybridized carbons (Fsp3) is 0.478. The van der Waals surface area contributed by atoms with E-state index >= 15 is 0 Å². The summed E-state index contributed by atoms with van der Waals surface area (Å²) in [6.07, 6.45) is 4.17. The first-order valence-corrected chi connectivity index (χ1v) is 11.5. The van der Waals surface area contributed by atoms with Crippen molar-refractivity contribution in [2.45, 2.75) is 51.0 Å². The van der Waals surface area contributed by atoms with Crippen molar-refractivity contribution < 1.29 is 13.2 Å². The highest BCUT2D eigenvalue weighted by Crippen LogP contribution is 2.20. The lowest BCUT2D eigenvalue weighted by Crippen LogP contribution is -2.14. The van der Waals surface area contributed by atoms with Crippen LogP contribution in [0.25, 0.3) is 0 Å². The first kappa shape index (κ1) is 21.6. The quantitative estimate of drug-likeness (QED) is 0.450. The molecule has 0 saturated heterocycles. The van der Waals surface area contributed by atoms with Crippen LogP contribution in [0.2, 0.25) is 0 Å². The van der Waals surface area contributed by atoms with E-state index in [1.165, 1.54) is 5.56 Å². The zero-order valence-corrected chi connectivity index (χ0v) is 17.3. The van der Waals surface area contributed by atoms with Crippen molar-refractivity contribution in [2.75, 3.05) is 12.4 Å². The van der Waals surface area contributed by atoms with Gasteiger partial charge in [-0.15, -0.1) is 0 Å². The lowest BCUT2D eigenvalue weighted by molar-refractivity contribution is 0.107. The van der Waals surface area contributed by atoms with E-state index in [4.69, 9.17) is 4.74 Å². The van der Waals surface area contributed by atoms with Crippen LogP contribution in [0.1, 0.15) is 45.1 Å². The fourth-order valence-corrected chi connectivity index (χ4v) is 4.87. The van der Waals surface area contributed by atoms with Gasteiger partial charge in [0.15, 0.2) is 9.84 Å². The third-order valence-electron chi connectivity index (χ3n) is 4.87. The van der Waals surface area contributed by atoms with Gasteiger partial charge in [-0.1, -0.05) is 75.2 Å². The summed E-state index contributed by atoms with van der Waals surface area (Å²) < 4.78 is 30.6. The molecule has 0 radical (unpaired) electrons. The summed E-state index contributed by atoms with van der Waals surface area (Å²) in [6.45, 7) is 5.72. The molecule has 0 saturated carbocycles. The highest BCUT2D eigenvalue weighted by atomic mass is 32.2. The average molecular weight is 389 g/mol. The maximum Gasteiger partial charge on any atom is 0.178 e. The fourth-order valence-electron chi connectivity index (χ4n) is 3.19. The lowest BCUT2D eigenvalue weighted by Gasteiger charge is -2.15. The predicted octanol–water partition coefficient (Wildman–Crippen LogP) is 5.51. The van der Waals surface area contributed by atoms with E-state index in [0.717, 1.165) is 32.3 Å². The van der Waals surface area contributed by atoms with Crippen molar-refractivity contribution in [3.8, 4) is 0 Å². The van der Waals surface area contributed by atoms with Gasteiger partial charge in [-0.05, 0) is 42.4 Å². The Morgan fingerprint density at radius 1 is 0.815 bits per heavy atom. The largest absolute Gasteiger partial charge is 0.377 e. The van der Waals surface area contributed by atoms with Gasteiger partial charge in [-0.2, -0.15) is 0 Å². The number of benzene rings is 2. The van der Waals surface area contributed by atoms with Crippen molar-refractivity contribution in [1.82, 2.24) is 0 Å². The topological polar surface area (TPSA) is 43.4 Å². The predicted molar refractivity (Wildman–Crippen MR) is 111 cm³/mol. The molecule has 2 rings (SSSR count). The summed E-state index contributed by atoms with van der Waals surface area (Å²) in [6, 6.07) is 19.0. The molecule has 0 aliphatic carbocycles. The number of hydrogen-bond donors (Lipinski definition) is 0. The molecule has 0 aromatic heterocycles. The van der Waals surface area contributed by atoms with Crippen molar-refractivity contribution in [3.05, 3.63) is 66.2 Å². The minimum Gasteiger partial charge on any atom is -0.377 e. The van der Waals surface area contributed by atoms with Crippen LogP contribution < -0.4 is 0 Å². The number of rotatable bonds is 12. The zero-order chi connectivity index (χ0) is 19.5. The Balaban J connectivity index is 1.59. The van der Waals surface area contributed by atoms with Crippen molar-refractivity contribution in [2.24, 2.45) is 11.8 Å². The molecule has 0 spiro atoms. The summed E-state index contributed by atoms with van der Waals surface area (Å²) in [4.78, 5) is 0.431. The van der Waals surface area contributed by atoms with Crippen LogP contribution in [0.4, 0.5) is 0 Å². The highest BCUT2D eigenvalue weighted by molar-refractivity contribution is 7.91. The van der Waals surface area contributed by atoms with E-state index in [0.29, 0.717) is 17.4 Å². The third-order valence-corrected chi connectivity index (χ3v) is 6.86. The van der Waals surface area contributed by atoms with Gasteiger partial charge >= 0.3 is 0 Å². The van der Waals surface area contributed by atoms with Gasteiger partial charge in [0.05, 0.1) is 17.3 Å². The monoisotopic (exact) mass is 388 g/mol. The zero-order valence-electron chi connectivity index (χ0n) is 16.5. The molecular formula is C23H32O3S. The Labute approximate surface area is 164 Å². The van der Waals surface area contributed by atoms with E-state index in [2.05, 4.69) is 19.1 Å². The lowest BCUT2D eigenvalue weighted by atomic mass is 9.97. The Bertz CT molecular complexity index is 742. The molecular weight excluding hydrogens is 356 g/mol. The second-order valence-corrected chi connectivity index (χ2v) is 9.60. The molecule has 148 valence electrons. The number of ether oxygens (including phenoxy) is 1. The van der Waals surface area contributed by atoms with Crippen LogP contribution in [-0.4, -0.2) is 20.8 Å². The Morgan fingerprint density at radius 3 is 2.07 bits per heavy atom. The van der Waals surface area contributed by atoms with Crippen LogP contribution in [0, 0.1) is 11.8 Å². The molecule has 0 amide bonds. The van der Waals surface area contributed by atoms with E-state index in [-0.39, 0.29) is 11.7 Å². The normalized spacial score (nSPS) is 14.0. The molecule has 0 unspecified atom stereocenters. The molecule has 0 heterocycles. The molecule has 2 aromatic carbocycles. The van der Waals surface area contributed by atoms with Gasteiger partial charge in [0.2, 0.25) is 0 Å². The minimum absolute atomic E-state index is 0.178. The van der Waals surface area contributed by atoms with Gasteiger partial charge in [0, 0.05) is 6.61 Å². The van der Waals surface area contributed by atoms with Crippen molar-refractivity contribution in [1.29, 1.82) is 0 Å². The first-order valence-electron chi connectivity index (χ1n) is 9.87. The maximum absolute atomic E-state index is 12.4. The molecule has 0 bridgehead atoms. The SMILES string of the molecule is C[C@H](CCC[C@H](C)CS(=O)(=O)c1ccccc1)CCOCc1ccccc1. The van der Waals surface area contributed by atoms with Crippen LogP contribution >= 0.6 is 0 Å². The minimum atomic E-state index is -3.17. The Hall–Kier alpha value is -1.65.